The van der Waals surface area contributed by atoms with Crippen LogP contribution in [0.2, 0.25) is 5.15 Å². The zero-order valence-electron chi connectivity index (χ0n) is 18.3. The first-order chi connectivity index (χ1) is 16.2. The molecule has 7 nitrogen and oxygen atoms in total. The molecule has 0 saturated carbocycles. The van der Waals surface area contributed by atoms with Crippen LogP contribution in [0.15, 0.2) is 53.7 Å². The van der Waals surface area contributed by atoms with Crippen LogP contribution in [0, 0.1) is 24.4 Å². The Hall–Kier alpha value is -3.79. The summed E-state index contributed by atoms with van der Waals surface area (Å²) >= 11 is 6.12. The number of ether oxygens (including phenoxy) is 1. The summed E-state index contributed by atoms with van der Waals surface area (Å²) < 4.78 is 49.0. The first kappa shape index (κ1) is 23.4. The molecule has 4 aromatic rings. The van der Waals surface area contributed by atoms with Crippen molar-refractivity contribution < 1.29 is 17.9 Å². The predicted octanol–water partition coefficient (Wildman–Crippen LogP) is 5.17. The van der Waals surface area contributed by atoms with Crippen molar-refractivity contribution in [1.82, 2.24) is 19.3 Å². The van der Waals surface area contributed by atoms with Gasteiger partial charge in [-0.15, -0.1) is 0 Å². The molecular formula is C23H19ClF3N5O2. The number of halogens is 4. The van der Waals surface area contributed by atoms with E-state index < -0.39 is 29.1 Å². The summed E-state index contributed by atoms with van der Waals surface area (Å²) in [6.07, 6.45) is 3.50. The molecule has 0 aliphatic rings. The fourth-order valence-electron chi connectivity index (χ4n) is 3.47. The lowest BCUT2D eigenvalue weighted by Gasteiger charge is -2.17. The van der Waals surface area contributed by atoms with Crippen LogP contribution in [0.4, 0.5) is 24.5 Å². The summed E-state index contributed by atoms with van der Waals surface area (Å²) in [5.41, 5.74) is 1.59. The average Bonchev–Trinajstić information content (AvgIpc) is 3.24. The predicted molar refractivity (Wildman–Crippen MR) is 122 cm³/mol. The minimum Gasteiger partial charge on any atom is -0.494 e. The van der Waals surface area contributed by atoms with Gasteiger partial charge in [-0.1, -0.05) is 11.6 Å². The van der Waals surface area contributed by atoms with Crippen molar-refractivity contribution in [2.75, 3.05) is 12.4 Å². The highest BCUT2D eigenvalue weighted by Crippen LogP contribution is 2.29. The first-order valence-electron chi connectivity index (χ1n) is 10.1. The lowest BCUT2D eigenvalue weighted by atomic mass is 10.1. The molecule has 0 spiro atoms. The van der Waals surface area contributed by atoms with Crippen LogP contribution in [-0.4, -0.2) is 26.4 Å². The van der Waals surface area contributed by atoms with Crippen molar-refractivity contribution in [1.29, 1.82) is 0 Å². The molecule has 1 atom stereocenters. The Morgan fingerprint density at radius 3 is 2.44 bits per heavy atom. The molecule has 0 radical (unpaired) electrons. The van der Waals surface area contributed by atoms with E-state index in [-0.39, 0.29) is 16.4 Å². The Kier molecular flexibility index (Phi) is 6.34. The number of anilines is 2. The minimum absolute atomic E-state index is 0.0147. The molecule has 0 saturated heterocycles. The fraction of sp³-hybridized carbons (Fsp3) is 0.174. The van der Waals surface area contributed by atoms with Crippen LogP contribution < -0.4 is 15.6 Å². The Morgan fingerprint density at radius 2 is 1.82 bits per heavy atom. The van der Waals surface area contributed by atoms with E-state index in [2.05, 4.69) is 15.4 Å². The number of hydrogen-bond donors (Lipinski definition) is 1. The van der Waals surface area contributed by atoms with E-state index in [9.17, 15) is 18.0 Å². The fourth-order valence-corrected chi connectivity index (χ4v) is 3.66. The third kappa shape index (κ3) is 4.49. The van der Waals surface area contributed by atoms with Gasteiger partial charge in [0.1, 0.15) is 11.4 Å². The van der Waals surface area contributed by atoms with Gasteiger partial charge in [0.25, 0.3) is 5.56 Å². The van der Waals surface area contributed by atoms with Crippen molar-refractivity contribution in [3.05, 3.63) is 93.1 Å². The van der Waals surface area contributed by atoms with Gasteiger partial charge in [-0.2, -0.15) is 5.10 Å². The van der Waals surface area contributed by atoms with E-state index in [1.165, 1.54) is 20.1 Å². The molecule has 0 bridgehead atoms. The van der Waals surface area contributed by atoms with E-state index in [0.717, 1.165) is 28.2 Å². The lowest BCUT2D eigenvalue weighted by molar-refractivity contribution is 0.413. The Labute approximate surface area is 197 Å². The molecule has 1 N–H and O–H groups in total. The van der Waals surface area contributed by atoms with Gasteiger partial charge in [-0.05, 0) is 43.7 Å². The Balaban J connectivity index is 1.69. The van der Waals surface area contributed by atoms with Gasteiger partial charge in [-0.25, -0.2) is 22.8 Å². The Morgan fingerprint density at radius 1 is 1.12 bits per heavy atom. The lowest BCUT2D eigenvalue weighted by Crippen LogP contribution is -2.28. The molecule has 0 fully saturated rings. The third-order valence-electron chi connectivity index (χ3n) is 5.21. The minimum atomic E-state index is -1.59. The van der Waals surface area contributed by atoms with Crippen LogP contribution in [0.1, 0.15) is 24.2 Å². The van der Waals surface area contributed by atoms with E-state index in [1.54, 1.807) is 29.1 Å². The van der Waals surface area contributed by atoms with E-state index in [4.69, 9.17) is 16.3 Å². The molecular weight excluding hydrogens is 471 g/mol. The van der Waals surface area contributed by atoms with Crippen molar-refractivity contribution in [3.63, 3.8) is 0 Å². The first-order valence-corrected chi connectivity index (χ1v) is 10.5. The summed E-state index contributed by atoms with van der Waals surface area (Å²) in [5, 5.41) is 6.93. The standard InChI is InChI=1S/C23H19ClF3N5O2/c1-12-10-31(11-28-12)19-5-4-15(8-20(19)34-3)29-18-9-21(24)30-32(23(18)33)13(2)14-6-16(25)22(27)17(26)7-14/h4-11,13,29H,1-3H3/t13-/m0/s1. The summed E-state index contributed by atoms with van der Waals surface area (Å²) in [6.45, 7) is 3.36. The normalized spacial score (nSPS) is 12.0. The maximum atomic E-state index is 13.7. The molecule has 2 aromatic heterocycles. The van der Waals surface area contributed by atoms with Crippen molar-refractivity contribution in [2.24, 2.45) is 0 Å². The molecule has 176 valence electrons. The maximum absolute atomic E-state index is 13.7. The van der Waals surface area contributed by atoms with Crippen molar-refractivity contribution in [3.8, 4) is 11.4 Å². The second-order valence-electron chi connectivity index (χ2n) is 7.54. The number of nitrogens with one attached hydrogen (secondary N) is 1. The molecule has 2 heterocycles. The monoisotopic (exact) mass is 489 g/mol. The summed E-state index contributed by atoms with van der Waals surface area (Å²) in [4.78, 5) is 17.3. The largest absolute Gasteiger partial charge is 0.494 e. The average molecular weight is 490 g/mol. The topological polar surface area (TPSA) is 74.0 Å². The van der Waals surface area contributed by atoms with Gasteiger partial charge in [0, 0.05) is 24.0 Å². The Bertz CT molecular complexity index is 1410. The van der Waals surface area contributed by atoms with E-state index in [0.29, 0.717) is 11.4 Å². The SMILES string of the molecule is COc1cc(Nc2cc(Cl)nn([C@@H](C)c3cc(F)c(F)c(F)c3)c2=O)ccc1-n1cnc(C)c1. The molecule has 34 heavy (non-hydrogen) atoms. The number of aromatic nitrogens is 4. The number of imidazole rings is 1. The molecule has 0 aliphatic carbocycles. The smallest absolute Gasteiger partial charge is 0.291 e. The third-order valence-corrected chi connectivity index (χ3v) is 5.39. The molecule has 0 amide bonds. The van der Waals surface area contributed by atoms with Gasteiger partial charge in [0.15, 0.2) is 22.6 Å². The number of benzene rings is 2. The van der Waals surface area contributed by atoms with Crippen LogP contribution in [0.25, 0.3) is 5.69 Å². The second kappa shape index (κ2) is 9.22. The van der Waals surface area contributed by atoms with Crippen LogP contribution in [-0.2, 0) is 0 Å². The van der Waals surface area contributed by atoms with Gasteiger partial charge in [0.05, 0.1) is 30.9 Å². The molecule has 0 aliphatic heterocycles. The highest BCUT2D eigenvalue weighted by Gasteiger charge is 2.19. The molecule has 0 unspecified atom stereocenters. The number of hydrogen-bond acceptors (Lipinski definition) is 5. The van der Waals surface area contributed by atoms with Crippen LogP contribution in [0.3, 0.4) is 0 Å². The number of rotatable bonds is 6. The van der Waals surface area contributed by atoms with Crippen LogP contribution in [0.5, 0.6) is 5.75 Å². The maximum Gasteiger partial charge on any atom is 0.291 e. The van der Waals surface area contributed by atoms with Crippen LogP contribution >= 0.6 is 11.6 Å². The zero-order valence-corrected chi connectivity index (χ0v) is 19.1. The highest BCUT2D eigenvalue weighted by atomic mass is 35.5. The van der Waals surface area contributed by atoms with Gasteiger partial charge >= 0.3 is 0 Å². The van der Waals surface area contributed by atoms with Crippen molar-refractivity contribution >= 4 is 23.0 Å². The zero-order chi connectivity index (χ0) is 24.6. The number of aryl methyl sites for hydroxylation is 1. The summed E-state index contributed by atoms with van der Waals surface area (Å²) in [7, 11) is 1.52. The number of nitrogens with zero attached hydrogens (tertiary/aromatic N) is 4. The van der Waals surface area contributed by atoms with Crippen molar-refractivity contribution in [2.45, 2.75) is 19.9 Å². The van der Waals surface area contributed by atoms with E-state index in [1.807, 2.05) is 13.1 Å². The van der Waals surface area contributed by atoms with Gasteiger partial charge in [0.2, 0.25) is 0 Å². The molecule has 2 aromatic carbocycles. The molecule has 4 rings (SSSR count). The van der Waals surface area contributed by atoms with Gasteiger partial charge in [-0.3, -0.25) is 4.79 Å². The second-order valence-corrected chi connectivity index (χ2v) is 7.93. The summed E-state index contributed by atoms with van der Waals surface area (Å²) in [6, 6.07) is 7.24. The quantitative estimate of drug-likeness (QED) is 0.378. The summed E-state index contributed by atoms with van der Waals surface area (Å²) in [5.74, 6) is -3.80. The highest BCUT2D eigenvalue weighted by molar-refractivity contribution is 6.29. The number of methoxy groups -OCH3 is 1. The van der Waals surface area contributed by atoms with Gasteiger partial charge < -0.3 is 14.6 Å². The van der Waals surface area contributed by atoms with E-state index >= 15 is 0 Å². The molecule has 11 heteroatoms.